The molecule has 122 valence electrons. The van der Waals surface area contributed by atoms with Crippen molar-refractivity contribution in [1.82, 2.24) is 15.1 Å². The van der Waals surface area contributed by atoms with Crippen molar-refractivity contribution >= 4 is 5.91 Å². The summed E-state index contributed by atoms with van der Waals surface area (Å²) in [4.78, 5) is 12.4. The fourth-order valence-corrected chi connectivity index (χ4v) is 2.58. The Bertz CT molecular complexity index is 806. The molecule has 1 atom stereocenters. The van der Waals surface area contributed by atoms with Gasteiger partial charge in [0.2, 0.25) is 0 Å². The molecule has 0 bridgehead atoms. The molecule has 3 aromatic rings. The largest absolute Gasteiger partial charge is 0.344 e. The summed E-state index contributed by atoms with van der Waals surface area (Å²) in [5.74, 6) is -0.0897. The van der Waals surface area contributed by atoms with Crippen LogP contribution in [-0.4, -0.2) is 15.7 Å². The number of amides is 1. The van der Waals surface area contributed by atoms with E-state index in [0.717, 1.165) is 23.4 Å². The number of rotatable bonds is 5. The van der Waals surface area contributed by atoms with Crippen LogP contribution in [0.2, 0.25) is 0 Å². The van der Waals surface area contributed by atoms with Crippen LogP contribution in [0.15, 0.2) is 66.9 Å². The highest BCUT2D eigenvalue weighted by molar-refractivity contribution is 5.94. The summed E-state index contributed by atoms with van der Waals surface area (Å²) in [6, 6.07) is 19.6. The molecule has 0 spiro atoms. The number of benzene rings is 2. The summed E-state index contributed by atoms with van der Waals surface area (Å²) in [7, 11) is 0. The number of hydrogen-bond donors (Lipinski definition) is 1. The fourth-order valence-electron chi connectivity index (χ4n) is 2.58. The SMILES string of the molecule is CCn1ccc(C(C)NC(=O)c2ccc(-c3ccccc3)cc2)n1. The first-order chi connectivity index (χ1) is 11.7. The van der Waals surface area contributed by atoms with Crippen molar-refractivity contribution in [3.8, 4) is 11.1 Å². The maximum absolute atomic E-state index is 12.4. The molecule has 0 radical (unpaired) electrons. The van der Waals surface area contributed by atoms with Gasteiger partial charge in [0.05, 0.1) is 11.7 Å². The van der Waals surface area contributed by atoms with Crippen molar-refractivity contribution in [3.05, 3.63) is 78.1 Å². The third-order valence-electron chi connectivity index (χ3n) is 4.03. The zero-order valence-electron chi connectivity index (χ0n) is 13.9. The Balaban J connectivity index is 1.69. The van der Waals surface area contributed by atoms with E-state index in [1.54, 1.807) is 0 Å². The minimum atomic E-state index is -0.126. The van der Waals surface area contributed by atoms with Crippen LogP contribution in [0, 0.1) is 0 Å². The monoisotopic (exact) mass is 319 g/mol. The van der Waals surface area contributed by atoms with E-state index in [4.69, 9.17) is 0 Å². The lowest BCUT2D eigenvalue weighted by Gasteiger charge is -2.12. The first-order valence-electron chi connectivity index (χ1n) is 8.17. The molecular formula is C20H21N3O. The number of aromatic nitrogens is 2. The van der Waals surface area contributed by atoms with Crippen molar-refractivity contribution in [2.45, 2.75) is 26.4 Å². The Morgan fingerprint density at radius 3 is 2.33 bits per heavy atom. The van der Waals surface area contributed by atoms with Crippen molar-refractivity contribution in [1.29, 1.82) is 0 Å². The standard InChI is InChI=1S/C20H21N3O/c1-3-23-14-13-19(22-23)15(2)21-20(24)18-11-9-17(10-12-18)16-7-5-4-6-8-16/h4-15H,3H2,1-2H3,(H,21,24). The Morgan fingerprint density at radius 2 is 1.71 bits per heavy atom. The molecule has 1 unspecified atom stereocenters. The van der Waals surface area contributed by atoms with E-state index in [0.29, 0.717) is 5.56 Å². The molecule has 0 aliphatic rings. The molecule has 3 rings (SSSR count). The summed E-state index contributed by atoms with van der Waals surface area (Å²) in [5, 5.41) is 7.43. The minimum Gasteiger partial charge on any atom is -0.344 e. The number of hydrogen-bond acceptors (Lipinski definition) is 2. The predicted octanol–water partition coefficient (Wildman–Crippen LogP) is 4.06. The van der Waals surface area contributed by atoms with Crippen molar-refractivity contribution in [2.75, 3.05) is 0 Å². The van der Waals surface area contributed by atoms with E-state index in [9.17, 15) is 4.79 Å². The Morgan fingerprint density at radius 1 is 1.04 bits per heavy atom. The summed E-state index contributed by atoms with van der Waals surface area (Å²) in [5.41, 5.74) is 3.76. The number of carbonyl (C=O) groups excluding carboxylic acids is 1. The topological polar surface area (TPSA) is 46.9 Å². The van der Waals surface area contributed by atoms with Crippen LogP contribution in [0.4, 0.5) is 0 Å². The average molecular weight is 319 g/mol. The molecule has 24 heavy (non-hydrogen) atoms. The van der Waals surface area contributed by atoms with Crippen molar-refractivity contribution in [3.63, 3.8) is 0 Å². The predicted molar refractivity (Wildman–Crippen MR) is 95.7 cm³/mol. The lowest BCUT2D eigenvalue weighted by atomic mass is 10.0. The number of nitrogens with zero attached hydrogens (tertiary/aromatic N) is 2. The molecule has 0 saturated heterocycles. The number of nitrogens with one attached hydrogen (secondary N) is 1. The van der Waals surface area contributed by atoms with Crippen molar-refractivity contribution in [2.24, 2.45) is 0 Å². The van der Waals surface area contributed by atoms with Gasteiger partial charge >= 0.3 is 0 Å². The van der Waals surface area contributed by atoms with Crippen molar-refractivity contribution < 1.29 is 4.79 Å². The zero-order valence-corrected chi connectivity index (χ0v) is 13.9. The van der Waals surface area contributed by atoms with Crippen LogP contribution in [0.3, 0.4) is 0 Å². The van der Waals surface area contributed by atoms with Gasteiger partial charge in [0.1, 0.15) is 0 Å². The van der Waals surface area contributed by atoms with Gasteiger partial charge in [-0.3, -0.25) is 9.48 Å². The van der Waals surface area contributed by atoms with Crippen LogP contribution in [-0.2, 0) is 6.54 Å². The molecule has 0 aliphatic carbocycles. The second kappa shape index (κ2) is 7.13. The molecule has 1 amide bonds. The first-order valence-corrected chi connectivity index (χ1v) is 8.17. The van der Waals surface area contributed by atoms with Crippen LogP contribution < -0.4 is 5.32 Å². The molecule has 1 aromatic heterocycles. The molecule has 4 heteroatoms. The van der Waals surface area contributed by atoms with Crippen LogP contribution >= 0.6 is 0 Å². The van der Waals surface area contributed by atoms with Crippen LogP contribution in [0.25, 0.3) is 11.1 Å². The van der Waals surface area contributed by atoms with E-state index in [-0.39, 0.29) is 11.9 Å². The number of carbonyl (C=O) groups is 1. The molecule has 0 fully saturated rings. The van der Waals surface area contributed by atoms with Gasteiger partial charge in [-0.25, -0.2) is 0 Å². The average Bonchev–Trinajstić information content (AvgIpc) is 3.12. The van der Waals surface area contributed by atoms with Gasteiger partial charge in [-0.05, 0) is 43.2 Å². The fraction of sp³-hybridized carbons (Fsp3) is 0.200. The molecule has 1 N–H and O–H groups in total. The van der Waals surface area contributed by atoms with Gasteiger partial charge < -0.3 is 5.32 Å². The maximum Gasteiger partial charge on any atom is 0.251 e. The minimum absolute atomic E-state index is 0.0897. The van der Waals surface area contributed by atoms with Gasteiger partial charge in [0.25, 0.3) is 5.91 Å². The van der Waals surface area contributed by atoms with Crippen LogP contribution in [0.1, 0.15) is 35.9 Å². The first kappa shape index (κ1) is 16.0. The Kier molecular flexibility index (Phi) is 4.75. The highest BCUT2D eigenvalue weighted by Crippen LogP contribution is 2.19. The molecule has 2 aromatic carbocycles. The molecule has 0 saturated carbocycles. The third kappa shape index (κ3) is 3.54. The lowest BCUT2D eigenvalue weighted by molar-refractivity contribution is 0.0939. The number of aryl methyl sites for hydroxylation is 1. The zero-order chi connectivity index (χ0) is 16.9. The van der Waals surface area contributed by atoms with E-state index < -0.39 is 0 Å². The molecule has 4 nitrogen and oxygen atoms in total. The quantitative estimate of drug-likeness (QED) is 0.771. The summed E-state index contributed by atoms with van der Waals surface area (Å²) < 4.78 is 1.85. The van der Waals surface area contributed by atoms with E-state index in [1.165, 1.54) is 0 Å². The Labute approximate surface area is 142 Å². The normalized spacial score (nSPS) is 11.9. The van der Waals surface area contributed by atoms with Gasteiger partial charge in [-0.2, -0.15) is 5.10 Å². The second-order valence-corrected chi connectivity index (χ2v) is 5.73. The van der Waals surface area contributed by atoms with Gasteiger partial charge in [-0.1, -0.05) is 42.5 Å². The highest BCUT2D eigenvalue weighted by Gasteiger charge is 2.13. The van der Waals surface area contributed by atoms with Crippen LogP contribution in [0.5, 0.6) is 0 Å². The van der Waals surface area contributed by atoms with E-state index >= 15 is 0 Å². The molecule has 0 aliphatic heterocycles. The van der Waals surface area contributed by atoms with Gasteiger partial charge in [0, 0.05) is 18.3 Å². The van der Waals surface area contributed by atoms with E-state index in [2.05, 4.69) is 22.5 Å². The Hall–Kier alpha value is -2.88. The summed E-state index contributed by atoms with van der Waals surface area (Å²) in [6.07, 6.45) is 1.92. The smallest absolute Gasteiger partial charge is 0.251 e. The summed E-state index contributed by atoms with van der Waals surface area (Å²) in [6.45, 7) is 4.80. The highest BCUT2D eigenvalue weighted by atomic mass is 16.1. The van der Waals surface area contributed by atoms with E-state index in [1.807, 2.05) is 73.3 Å². The second-order valence-electron chi connectivity index (χ2n) is 5.73. The van der Waals surface area contributed by atoms with Gasteiger partial charge in [-0.15, -0.1) is 0 Å². The molecule has 1 heterocycles. The summed E-state index contributed by atoms with van der Waals surface area (Å²) >= 11 is 0. The third-order valence-corrected chi connectivity index (χ3v) is 4.03. The lowest BCUT2D eigenvalue weighted by Crippen LogP contribution is -2.27. The molecular weight excluding hydrogens is 298 g/mol. The maximum atomic E-state index is 12.4. The van der Waals surface area contributed by atoms with Gasteiger partial charge in [0.15, 0.2) is 0 Å².